The summed E-state index contributed by atoms with van der Waals surface area (Å²) in [6.07, 6.45) is 3.47. The topological polar surface area (TPSA) is 86.7 Å². The maximum atomic E-state index is 12.6. The third-order valence-corrected chi connectivity index (χ3v) is 5.48. The number of rotatable bonds is 6. The molecule has 0 bridgehead atoms. The lowest BCUT2D eigenvalue weighted by Gasteiger charge is -2.27. The van der Waals surface area contributed by atoms with Crippen LogP contribution in [0.25, 0.3) is 0 Å². The maximum Gasteiger partial charge on any atom is 0.254 e. The van der Waals surface area contributed by atoms with Crippen LogP contribution in [0.2, 0.25) is 0 Å². The molecule has 1 amide bonds. The Kier molecular flexibility index (Phi) is 6.15. The number of aryl methyl sites for hydroxylation is 1. The summed E-state index contributed by atoms with van der Waals surface area (Å²) in [6, 6.07) is 4.62. The Balaban J connectivity index is 2.22. The Hall–Kier alpha value is -1.44. The zero-order chi connectivity index (χ0) is 16.9. The van der Waals surface area contributed by atoms with Crippen LogP contribution in [-0.4, -0.2) is 50.6 Å². The Morgan fingerprint density at radius 3 is 2.61 bits per heavy atom. The number of amides is 1. The zero-order valence-electron chi connectivity index (χ0n) is 13.4. The highest BCUT2D eigenvalue weighted by molar-refractivity contribution is 7.89. The first-order chi connectivity index (χ1) is 11.0. The van der Waals surface area contributed by atoms with Crippen molar-refractivity contribution in [3.05, 3.63) is 29.3 Å². The van der Waals surface area contributed by atoms with Crippen LogP contribution in [0, 0.1) is 6.92 Å². The van der Waals surface area contributed by atoms with E-state index in [0.29, 0.717) is 12.0 Å². The molecule has 7 heteroatoms. The van der Waals surface area contributed by atoms with Crippen LogP contribution in [0.4, 0.5) is 0 Å². The number of benzene rings is 1. The number of aliphatic hydroxyl groups excluding tert-OH is 1. The molecule has 6 nitrogen and oxygen atoms in total. The Bertz CT molecular complexity index is 652. The van der Waals surface area contributed by atoms with E-state index in [9.17, 15) is 13.2 Å². The monoisotopic (exact) mass is 340 g/mol. The average molecular weight is 340 g/mol. The van der Waals surface area contributed by atoms with E-state index in [2.05, 4.69) is 4.72 Å². The first-order valence-corrected chi connectivity index (χ1v) is 9.44. The van der Waals surface area contributed by atoms with Crippen molar-refractivity contribution in [1.82, 2.24) is 9.62 Å². The summed E-state index contributed by atoms with van der Waals surface area (Å²) in [4.78, 5) is 14.5. The van der Waals surface area contributed by atoms with Crippen molar-refractivity contribution < 1.29 is 18.3 Å². The van der Waals surface area contributed by atoms with Gasteiger partial charge in [-0.15, -0.1) is 0 Å². The number of sulfonamides is 1. The highest BCUT2D eigenvalue weighted by Gasteiger charge is 2.22. The van der Waals surface area contributed by atoms with Crippen LogP contribution >= 0.6 is 0 Å². The molecule has 0 saturated carbocycles. The highest BCUT2D eigenvalue weighted by atomic mass is 32.2. The van der Waals surface area contributed by atoms with Gasteiger partial charge < -0.3 is 10.0 Å². The molecule has 2 N–H and O–H groups in total. The largest absolute Gasteiger partial charge is 0.396 e. The Morgan fingerprint density at radius 1 is 1.26 bits per heavy atom. The quantitative estimate of drug-likeness (QED) is 0.764. The van der Waals surface area contributed by atoms with Gasteiger partial charge in [0, 0.05) is 31.8 Å². The maximum absolute atomic E-state index is 12.6. The van der Waals surface area contributed by atoms with Crippen LogP contribution in [0.3, 0.4) is 0 Å². The summed E-state index contributed by atoms with van der Waals surface area (Å²) in [6.45, 7) is 3.36. The smallest absolute Gasteiger partial charge is 0.254 e. The molecule has 1 fully saturated rings. The highest BCUT2D eigenvalue weighted by Crippen LogP contribution is 2.19. The second-order valence-electron chi connectivity index (χ2n) is 5.80. The summed E-state index contributed by atoms with van der Waals surface area (Å²) in [5.74, 6) is -0.102. The lowest BCUT2D eigenvalue weighted by Crippen LogP contribution is -2.36. The number of piperidine rings is 1. The molecule has 1 aliphatic rings. The number of carbonyl (C=O) groups is 1. The summed E-state index contributed by atoms with van der Waals surface area (Å²) in [7, 11) is -3.67. The SMILES string of the molecule is Cc1ccc(S(=O)(=O)NCCCO)cc1C(=O)N1CCCCC1. The molecule has 1 saturated heterocycles. The predicted octanol–water partition coefficient (Wildman–Crippen LogP) is 1.28. The van der Waals surface area contributed by atoms with E-state index in [-0.39, 0.29) is 24.0 Å². The lowest BCUT2D eigenvalue weighted by molar-refractivity contribution is 0.0723. The summed E-state index contributed by atoms with van der Waals surface area (Å²) >= 11 is 0. The molecule has 1 heterocycles. The molecule has 1 aromatic rings. The first-order valence-electron chi connectivity index (χ1n) is 7.96. The van der Waals surface area contributed by atoms with Crippen LogP contribution in [-0.2, 0) is 10.0 Å². The normalized spacial score (nSPS) is 15.7. The van der Waals surface area contributed by atoms with Gasteiger partial charge in [-0.3, -0.25) is 4.79 Å². The number of nitrogens with zero attached hydrogens (tertiary/aromatic N) is 1. The molecule has 1 aliphatic heterocycles. The average Bonchev–Trinajstić information content (AvgIpc) is 2.55. The van der Waals surface area contributed by atoms with Gasteiger partial charge >= 0.3 is 0 Å². The third-order valence-electron chi connectivity index (χ3n) is 4.02. The van der Waals surface area contributed by atoms with Gasteiger partial charge in [0.05, 0.1) is 4.90 Å². The van der Waals surface area contributed by atoms with Crippen LogP contribution in [0.1, 0.15) is 41.6 Å². The molecule has 2 rings (SSSR count). The van der Waals surface area contributed by atoms with Crippen molar-refractivity contribution in [3.8, 4) is 0 Å². The number of nitrogens with one attached hydrogen (secondary N) is 1. The summed E-state index contributed by atoms with van der Waals surface area (Å²) in [5.41, 5.74) is 1.21. The molecule has 0 unspecified atom stereocenters. The number of hydrogen-bond donors (Lipinski definition) is 2. The van der Waals surface area contributed by atoms with Crippen molar-refractivity contribution in [2.75, 3.05) is 26.2 Å². The van der Waals surface area contributed by atoms with Crippen molar-refractivity contribution >= 4 is 15.9 Å². The van der Waals surface area contributed by atoms with Gasteiger partial charge in [-0.1, -0.05) is 6.07 Å². The second kappa shape index (κ2) is 7.90. The minimum Gasteiger partial charge on any atom is -0.396 e. The molecule has 0 atom stereocenters. The second-order valence-corrected chi connectivity index (χ2v) is 7.57. The van der Waals surface area contributed by atoms with Crippen molar-refractivity contribution in [2.45, 2.75) is 37.5 Å². The fourth-order valence-corrected chi connectivity index (χ4v) is 3.73. The van der Waals surface area contributed by atoms with E-state index in [4.69, 9.17) is 5.11 Å². The van der Waals surface area contributed by atoms with Crippen LogP contribution in [0.5, 0.6) is 0 Å². The Labute approximate surface area is 137 Å². The summed E-state index contributed by atoms with van der Waals surface area (Å²) in [5, 5.41) is 8.75. The molecular weight excluding hydrogens is 316 g/mol. The molecule has 128 valence electrons. The zero-order valence-corrected chi connectivity index (χ0v) is 14.2. The Morgan fingerprint density at radius 2 is 1.96 bits per heavy atom. The van der Waals surface area contributed by atoms with Gasteiger partial charge in [0.2, 0.25) is 10.0 Å². The van der Waals surface area contributed by atoms with Gasteiger partial charge in [-0.05, 0) is 50.3 Å². The van der Waals surface area contributed by atoms with E-state index < -0.39 is 10.0 Å². The van der Waals surface area contributed by atoms with Crippen LogP contribution < -0.4 is 4.72 Å². The van der Waals surface area contributed by atoms with E-state index in [1.54, 1.807) is 11.0 Å². The van der Waals surface area contributed by atoms with Crippen molar-refractivity contribution in [3.63, 3.8) is 0 Å². The summed E-state index contributed by atoms with van der Waals surface area (Å²) < 4.78 is 26.9. The minimum atomic E-state index is -3.67. The van der Waals surface area contributed by atoms with E-state index in [1.165, 1.54) is 12.1 Å². The minimum absolute atomic E-state index is 0.0743. The third kappa shape index (κ3) is 4.53. The molecule has 23 heavy (non-hydrogen) atoms. The molecule has 0 spiro atoms. The number of carbonyl (C=O) groups excluding carboxylic acids is 1. The van der Waals surface area contributed by atoms with E-state index >= 15 is 0 Å². The fourth-order valence-electron chi connectivity index (χ4n) is 2.63. The molecule has 0 aromatic heterocycles. The molecule has 0 radical (unpaired) electrons. The van der Waals surface area contributed by atoms with Crippen molar-refractivity contribution in [1.29, 1.82) is 0 Å². The molecule has 0 aliphatic carbocycles. The number of hydrogen-bond acceptors (Lipinski definition) is 4. The fraction of sp³-hybridized carbons (Fsp3) is 0.562. The van der Waals surface area contributed by atoms with Gasteiger partial charge in [0.25, 0.3) is 5.91 Å². The van der Waals surface area contributed by atoms with Gasteiger partial charge in [-0.25, -0.2) is 13.1 Å². The molecule has 1 aromatic carbocycles. The van der Waals surface area contributed by atoms with Crippen molar-refractivity contribution in [2.24, 2.45) is 0 Å². The predicted molar refractivity (Wildman–Crippen MR) is 87.8 cm³/mol. The lowest BCUT2D eigenvalue weighted by atomic mass is 10.1. The van der Waals surface area contributed by atoms with Gasteiger partial charge in [0.1, 0.15) is 0 Å². The molecular formula is C16H24N2O4S. The van der Waals surface area contributed by atoms with Crippen LogP contribution in [0.15, 0.2) is 23.1 Å². The first kappa shape index (κ1) is 17.9. The number of likely N-dealkylation sites (tertiary alicyclic amines) is 1. The standard InChI is InChI=1S/C16H24N2O4S/c1-13-6-7-14(23(21,22)17-8-5-11-19)12-15(13)16(20)18-9-3-2-4-10-18/h6-7,12,17,19H,2-5,8-11H2,1H3. The number of aliphatic hydroxyl groups is 1. The van der Waals surface area contributed by atoms with E-state index in [1.807, 2.05) is 6.92 Å². The van der Waals surface area contributed by atoms with E-state index in [0.717, 1.165) is 37.9 Å². The van der Waals surface area contributed by atoms with Gasteiger partial charge in [0.15, 0.2) is 0 Å². The van der Waals surface area contributed by atoms with Gasteiger partial charge in [-0.2, -0.15) is 0 Å².